The number of carbonyl (C=O) groups excluding carboxylic acids is 1. The molecule has 2 aromatic carbocycles. The van der Waals surface area contributed by atoms with Gasteiger partial charge in [-0.25, -0.2) is 4.98 Å². The van der Waals surface area contributed by atoms with Crippen LogP contribution in [0.3, 0.4) is 0 Å². The summed E-state index contributed by atoms with van der Waals surface area (Å²) in [7, 11) is 0. The zero-order valence-corrected chi connectivity index (χ0v) is 17.3. The predicted molar refractivity (Wildman–Crippen MR) is 115 cm³/mol. The lowest BCUT2D eigenvalue weighted by molar-refractivity contribution is 0.0983. The Labute approximate surface area is 165 Å². The molecule has 0 saturated heterocycles. The minimum atomic E-state index is 0.0241. The molecule has 0 fully saturated rings. The van der Waals surface area contributed by atoms with Gasteiger partial charge in [-0.15, -0.1) is 0 Å². The van der Waals surface area contributed by atoms with Crippen molar-refractivity contribution in [1.29, 1.82) is 0 Å². The number of anilines is 1. The van der Waals surface area contributed by atoms with E-state index in [1.165, 1.54) is 5.56 Å². The van der Waals surface area contributed by atoms with Crippen LogP contribution in [0.1, 0.15) is 35.3 Å². The molecule has 0 bridgehead atoms. The van der Waals surface area contributed by atoms with Gasteiger partial charge in [0, 0.05) is 18.7 Å². The Morgan fingerprint density at radius 3 is 2.48 bits per heavy atom. The Morgan fingerprint density at radius 2 is 1.78 bits per heavy atom. The first-order valence-corrected chi connectivity index (χ1v) is 10.3. The molecule has 0 N–H and O–H groups in total. The van der Waals surface area contributed by atoms with Crippen LogP contribution in [-0.2, 0) is 0 Å². The van der Waals surface area contributed by atoms with Crippen molar-refractivity contribution in [2.24, 2.45) is 0 Å². The molecule has 0 atom stereocenters. The fourth-order valence-corrected chi connectivity index (χ4v) is 4.25. The van der Waals surface area contributed by atoms with E-state index in [4.69, 9.17) is 4.98 Å². The summed E-state index contributed by atoms with van der Waals surface area (Å²) >= 11 is 1.59. The van der Waals surface area contributed by atoms with Gasteiger partial charge in [0.15, 0.2) is 5.13 Å². The second-order valence-corrected chi connectivity index (χ2v) is 7.78. The third-order valence-corrected chi connectivity index (χ3v) is 5.96. The van der Waals surface area contributed by atoms with Crippen LogP contribution in [0.25, 0.3) is 10.2 Å². The number of nitrogens with zero attached hydrogens (tertiary/aromatic N) is 3. The van der Waals surface area contributed by atoms with Crippen molar-refractivity contribution in [3.8, 4) is 0 Å². The van der Waals surface area contributed by atoms with E-state index < -0.39 is 0 Å². The average Bonchev–Trinajstić information content (AvgIpc) is 3.08. The third-order valence-electron chi connectivity index (χ3n) is 4.92. The first kappa shape index (κ1) is 19.5. The number of rotatable bonds is 7. The Bertz CT molecular complexity index is 930. The highest BCUT2D eigenvalue weighted by Gasteiger charge is 2.23. The summed E-state index contributed by atoms with van der Waals surface area (Å²) in [6.07, 6.45) is 0. The number of thiazole rings is 1. The van der Waals surface area contributed by atoms with E-state index in [2.05, 4.69) is 37.8 Å². The molecule has 142 valence electrons. The topological polar surface area (TPSA) is 36.4 Å². The molecule has 0 radical (unpaired) electrons. The summed E-state index contributed by atoms with van der Waals surface area (Å²) in [6.45, 7) is 11.8. The Kier molecular flexibility index (Phi) is 6.24. The quantitative estimate of drug-likeness (QED) is 0.584. The molecule has 0 aliphatic carbocycles. The van der Waals surface area contributed by atoms with Crippen molar-refractivity contribution in [2.45, 2.75) is 27.7 Å². The van der Waals surface area contributed by atoms with E-state index in [1.807, 2.05) is 42.2 Å². The van der Waals surface area contributed by atoms with Crippen LogP contribution in [0, 0.1) is 13.8 Å². The predicted octanol–water partition coefficient (Wildman–Crippen LogP) is 4.90. The van der Waals surface area contributed by atoms with Crippen LogP contribution < -0.4 is 4.90 Å². The number of amides is 1. The fourth-order valence-electron chi connectivity index (χ4n) is 3.16. The highest BCUT2D eigenvalue weighted by molar-refractivity contribution is 7.22. The van der Waals surface area contributed by atoms with Gasteiger partial charge in [0.25, 0.3) is 5.91 Å². The number of fused-ring (bicyclic) bond motifs is 1. The summed E-state index contributed by atoms with van der Waals surface area (Å²) < 4.78 is 1.12. The molecule has 1 amide bonds. The third kappa shape index (κ3) is 4.37. The van der Waals surface area contributed by atoms with E-state index in [1.54, 1.807) is 11.3 Å². The second kappa shape index (κ2) is 8.63. The van der Waals surface area contributed by atoms with Crippen LogP contribution in [0.5, 0.6) is 0 Å². The van der Waals surface area contributed by atoms with Gasteiger partial charge in [-0.1, -0.05) is 49.4 Å². The Hall–Kier alpha value is -2.24. The van der Waals surface area contributed by atoms with Gasteiger partial charge in [0.2, 0.25) is 0 Å². The minimum Gasteiger partial charge on any atom is -0.302 e. The molecule has 1 aromatic heterocycles. The van der Waals surface area contributed by atoms with Gasteiger partial charge in [-0.3, -0.25) is 9.69 Å². The van der Waals surface area contributed by atoms with Crippen molar-refractivity contribution in [3.63, 3.8) is 0 Å². The molecule has 5 heteroatoms. The van der Waals surface area contributed by atoms with Crippen LogP contribution in [0.4, 0.5) is 5.13 Å². The van der Waals surface area contributed by atoms with Crippen LogP contribution >= 0.6 is 11.3 Å². The fraction of sp³-hybridized carbons (Fsp3) is 0.364. The molecule has 27 heavy (non-hydrogen) atoms. The highest BCUT2D eigenvalue weighted by atomic mass is 32.1. The molecule has 0 aliphatic heterocycles. The smallest absolute Gasteiger partial charge is 0.260 e. The summed E-state index contributed by atoms with van der Waals surface area (Å²) in [5, 5.41) is 0.774. The van der Waals surface area contributed by atoms with Crippen LogP contribution in [-0.4, -0.2) is 42.0 Å². The van der Waals surface area contributed by atoms with E-state index >= 15 is 0 Å². The molecule has 1 heterocycles. The number of benzene rings is 2. The maximum absolute atomic E-state index is 13.4. The monoisotopic (exact) mass is 381 g/mol. The van der Waals surface area contributed by atoms with E-state index in [0.29, 0.717) is 6.54 Å². The van der Waals surface area contributed by atoms with Gasteiger partial charge in [-0.2, -0.15) is 0 Å². The first-order valence-electron chi connectivity index (χ1n) is 9.50. The van der Waals surface area contributed by atoms with Crippen molar-refractivity contribution < 1.29 is 4.79 Å². The summed E-state index contributed by atoms with van der Waals surface area (Å²) in [4.78, 5) is 22.3. The molecule has 3 rings (SSSR count). The van der Waals surface area contributed by atoms with Gasteiger partial charge in [-0.05, 0) is 56.3 Å². The number of hydrogen-bond acceptors (Lipinski definition) is 4. The summed E-state index contributed by atoms with van der Waals surface area (Å²) in [6, 6.07) is 14.0. The number of aryl methyl sites for hydroxylation is 2. The summed E-state index contributed by atoms with van der Waals surface area (Å²) in [5.74, 6) is 0.0241. The molecule has 0 spiro atoms. The maximum atomic E-state index is 13.4. The van der Waals surface area contributed by atoms with E-state index in [9.17, 15) is 4.79 Å². The lowest BCUT2D eigenvalue weighted by Gasteiger charge is -2.25. The van der Waals surface area contributed by atoms with E-state index in [0.717, 1.165) is 46.1 Å². The van der Waals surface area contributed by atoms with E-state index in [-0.39, 0.29) is 5.91 Å². The molecule has 0 saturated carbocycles. The molecule has 3 aromatic rings. The molecule has 0 unspecified atom stereocenters. The Morgan fingerprint density at radius 1 is 1.04 bits per heavy atom. The normalized spacial score (nSPS) is 11.3. The number of likely N-dealkylation sites (N-methyl/N-ethyl adjacent to an activating group) is 1. The van der Waals surface area contributed by atoms with Gasteiger partial charge in [0.05, 0.1) is 10.2 Å². The van der Waals surface area contributed by atoms with Crippen molar-refractivity contribution in [3.05, 3.63) is 59.2 Å². The lowest BCUT2D eigenvalue weighted by atomic mass is 10.1. The van der Waals surface area contributed by atoms with Gasteiger partial charge >= 0.3 is 0 Å². The maximum Gasteiger partial charge on any atom is 0.260 e. The molecular formula is C22H27N3OS. The molecule has 4 nitrogen and oxygen atoms in total. The molecule has 0 aliphatic rings. The van der Waals surface area contributed by atoms with Crippen LogP contribution in [0.15, 0.2) is 42.5 Å². The number of carbonyl (C=O) groups is 1. The van der Waals surface area contributed by atoms with Crippen molar-refractivity contribution in [1.82, 2.24) is 9.88 Å². The van der Waals surface area contributed by atoms with Crippen molar-refractivity contribution >= 4 is 32.6 Å². The minimum absolute atomic E-state index is 0.0241. The zero-order chi connectivity index (χ0) is 19.4. The largest absolute Gasteiger partial charge is 0.302 e. The van der Waals surface area contributed by atoms with Gasteiger partial charge < -0.3 is 4.90 Å². The standard InChI is InChI=1S/C22H27N3OS/c1-5-24(6-2)13-14-25(21(26)18-10-8-7-9-17(18)4)22-23-19-12-11-16(3)15-20(19)27-22/h7-12,15H,5-6,13-14H2,1-4H3. The lowest BCUT2D eigenvalue weighted by Crippen LogP contribution is -2.39. The van der Waals surface area contributed by atoms with Gasteiger partial charge in [0.1, 0.15) is 0 Å². The molecular weight excluding hydrogens is 354 g/mol. The first-order chi connectivity index (χ1) is 13.0. The van der Waals surface area contributed by atoms with Crippen molar-refractivity contribution in [2.75, 3.05) is 31.1 Å². The SMILES string of the molecule is CCN(CC)CCN(C(=O)c1ccccc1C)c1nc2ccc(C)cc2s1. The average molecular weight is 382 g/mol. The second-order valence-electron chi connectivity index (χ2n) is 6.77. The number of hydrogen-bond donors (Lipinski definition) is 0. The highest BCUT2D eigenvalue weighted by Crippen LogP contribution is 2.30. The zero-order valence-electron chi connectivity index (χ0n) is 16.5. The number of aromatic nitrogens is 1. The van der Waals surface area contributed by atoms with Crippen LogP contribution in [0.2, 0.25) is 0 Å². The Balaban J connectivity index is 1.97. The summed E-state index contributed by atoms with van der Waals surface area (Å²) in [5.41, 5.74) is 3.89.